The predicted octanol–water partition coefficient (Wildman–Crippen LogP) is -0.0665. The minimum Gasteiger partial charge on any atom is -0.396 e. The molecule has 0 fully saturated rings. The highest BCUT2D eigenvalue weighted by molar-refractivity contribution is 7.87. The molecule has 0 saturated heterocycles. The summed E-state index contributed by atoms with van der Waals surface area (Å²) in [5.41, 5.74) is 0. The van der Waals surface area contributed by atoms with Crippen molar-refractivity contribution in [1.29, 1.82) is 0 Å². The Morgan fingerprint density at radius 1 is 1.43 bits per heavy atom. The fourth-order valence-corrected chi connectivity index (χ4v) is 2.60. The molecule has 14 heavy (non-hydrogen) atoms. The van der Waals surface area contributed by atoms with Crippen molar-refractivity contribution in [3.63, 3.8) is 0 Å². The summed E-state index contributed by atoms with van der Waals surface area (Å²) < 4.78 is 27.0. The van der Waals surface area contributed by atoms with Crippen molar-refractivity contribution < 1.29 is 13.5 Å². The Bertz CT molecular complexity index is 239. The Kier molecular flexibility index (Phi) is 6.26. The van der Waals surface area contributed by atoms with Crippen LogP contribution in [0.15, 0.2) is 0 Å². The van der Waals surface area contributed by atoms with Gasteiger partial charge in [-0.2, -0.15) is 12.7 Å². The minimum atomic E-state index is -3.37. The Labute approximate surface area is 86.3 Å². The van der Waals surface area contributed by atoms with Crippen LogP contribution in [0.25, 0.3) is 0 Å². The summed E-state index contributed by atoms with van der Waals surface area (Å²) in [4.78, 5) is 0. The fraction of sp³-hybridized carbons (Fsp3) is 1.00. The van der Waals surface area contributed by atoms with Gasteiger partial charge in [-0.1, -0.05) is 6.92 Å². The molecule has 0 aromatic heterocycles. The van der Waals surface area contributed by atoms with Crippen LogP contribution in [0.3, 0.4) is 0 Å². The fourth-order valence-electron chi connectivity index (χ4n) is 1.15. The zero-order valence-electron chi connectivity index (χ0n) is 9.02. The first kappa shape index (κ1) is 13.8. The summed E-state index contributed by atoms with van der Waals surface area (Å²) in [6.07, 6.45) is 0.461. The summed E-state index contributed by atoms with van der Waals surface area (Å²) in [5, 5.41) is 8.65. The second-order valence-corrected chi connectivity index (χ2v) is 4.99. The molecule has 0 aliphatic rings. The molecule has 0 bridgehead atoms. The van der Waals surface area contributed by atoms with Crippen molar-refractivity contribution >= 4 is 10.2 Å². The molecule has 0 unspecified atom stereocenters. The zero-order chi connectivity index (χ0) is 11.2. The summed E-state index contributed by atoms with van der Waals surface area (Å²) in [5.74, 6) is 0. The van der Waals surface area contributed by atoms with Gasteiger partial charge in [-0.15, -0.1) is 0 Å². The van der Waals surface area contributed by atoms with Crippen LogP contribution in [0.1, 0.15) is 27.2 Å². The first-order chi connectivity index (χ1) is 6.45. The highest BCUT2D eigenvalue weighted by Gasteiger charge is 2.22. The molecule has 0 amide bonds. The highest BCUT2D eigenvalue weighted by Crippen LogP contribution is 2.05. The van der Waals surface area contributed by atoms with Crippen LogP contribution >= 0.6 is 0 Å². The maximum Gasteiger partial charge on any atom is 0.279 e. The lowest BCUT2D eigenvalue weighted by Crippen LogP contribution is -2.45. The van der Waals surface area contributed by atoms with Crippen molar-refractivity contribution in [3.8, 4) is 0 Å². The molecule has 0 aromatic rings. The zero-order valence-corrected chi connectivity index (χ0v) is 9.84. The van der Waals surface area contributed by atoms with E-state index in [2.05, 4.69) is 4.72 Å². The van der Waals surface area contributed by atoms with Gasteiger partial charge in [0.2, 0.25) is 0 Å². The molecule has 0 rings (SSSR count). The van der Waals surface area contributed by atoms with Crippen LogP contribution in [-0.2, 0) is 10.2 Å². The van der Waals surface area contributed by atoms with Gasteiger partial charge >= 0.3 is 0 Å². The van der Waals surface area contributed by atoms with Crippen LogP contribution in [0.2, 0.25) is 0 Å². The van der Waals surface area contributed by atoms with Crippen molar-refractivity contribution in [2.75, 3.05) is 19.7 Å². The maximum absolute atomic E-state index is 11.6. The SMILES string of the molecule is CCNS(=O)(=O)N(CCCO)C(C)C. The summed E-state index contributed by atoms with van der Waals surface area (Å²) in [6.45, 7) is 6.10. The first-order valence-corrected chi connectivity index (χ1v) is 6.27. The number of nitrogens with zero attached hydrogens (tertiary/aromatic N) is 1. The van der Waals surface area contributed by atoms with Crippen LogP contribution in [0.5, 0.6) is 0 Å². The molecule has 0 radical (unpaired) electrons. The summed E-state index contributed by atoms with van der Waals surface area (Å²) >= 11 is 0. The van der Waals surface area contributed by atoms with Crippen LogP contribution in [0, 0.1) is 0 Å². The Balaban J connectivity index is 4.48. The van der Waals surface area contributed by atoms with E-state index in [1.54, 1.807) is 6.92 Å². The molecule has 0 saturated carbocycles. The number of hydrogen-bond donors (Lipinski definition) is 2. The molecular formula is C8H20N2O3S. The van der Waals surface area contributed by atoms with Crippen molar-refractivity contribution in [2.45, 2.75) is 33.2 Å². The number of rotatable bonds is 7. The number of nitrogens with one attached hydrogen (secondary N) is 1. The van der Waals surface area contributed by atoms with E-state index in [9.17, 15) is 8.42 Å². The molecule has 5 nitrogen and oxygen atoms in total. The Hall–Kier alpha value is -0.170. The van der Waals surface area contributed by atoms with Gasteiger partial charge < -0.3 is 5.11 Å². The first-order valence-electron chi connectivity index (χ1n) is 4.83. The molecule has 0 spiro atoms. The van der Waals surface area contributed by atoms with Crippen molar-refractivity contribution in [3.05, 3.63) is 0 Å². The van der Waals surface area contributed by atoms with Crippen LogP contribution in [0.4, 0.5) is 0 Å². The molecule has 86 valence electrons. The van der Waals surface area contributed by atoms with E-state index in [1.165, 1.54) is 4.31 Å². The lowest BCUT2D eigenvalue weighted by molar-refractivity contribution is 0.257. The van der Waals surface area contributed by atoms with Crippen molar-refractivity contribution in [1.82, 2.24) is 9.03 Å². The topological polar surface area (TPSA) is 69.6 Å². The lowest BCUT2D eigenvalue weighted by Gasteiger charge is -2.25. The maximum atomic E-state index is 11.6. The third kappa shape index (κ3) is 4.36. The third-order valence-electron chi connectivity index (χ3n) is 1.75. The summed E-state index contributed by atoms with van der Waals surface area (Å²) in [6, 6.07) is -0.0920. The number of hydrogen-bond acceptors (Lipinski definition) is 3. The van der Waals surface area contributed by atoms with Gasteiger partial charge in [-0.25, -0.2) is 4.72 Å². The average molecular weight is 224 g/mol. The molecule has 0 atom stereocenters. The number of aliphatic hydroxyl groups excluding tert-OH is 1. The predicted molar refractivity (Wildman–Crippen MR) is 56.1 cm³/mol. The van der Waals surface area contributed by atoms with Gasteiger partial charge in [0.15, 0.2) is 0 Å². The van der Waals surface area contributed by atoms with E-state index >= 15 is 0 Å². The smallest absolute Gasteiger partial charge is 0.279 e. The number of aliphatic hydroxyl groups is 1. The Morgan fingerprint density at radius 3 is 2.36 bits per heavy atom. The lowest BCUT2D eigenvalue weighted by atomic mass is 10.3. The molecule has 0 aliphatic carbocycles. The van der Waals surface area contributed by atoms with E-state index in [-0.39, 0.29) is 12.6 Å². The largest absolute Gasteiger partial charge is 0.396 e. The van der Waals surface area contributed by atoms with Gasteiger partial charge in [0.05, 0.1) is 0 Å². The molecule has 0 aromatic carbocycles. The quantitative estimate of drug-likeness (QED) is 0.636. The Morgan fingerprint density at radius 2 is 2.00 bits per heavy atom. The normalized spacial score (nSPS) is 12.7. The standard InChI is InChI=1S/C8H20N2O3S/c1-4-9-14(12,13)10(8(2)3)6-5-7-11/h8-9,11H,4-7H2,1-3H3. The van der Waals surface area contributed by atoms with Crippen LogP contribution in [-0.4, -0.2) is 43.6 Å². The third-order valence-corrected chi connectivity index (χ3v) is 3.62. The second-order valence-electron chi connectivity index (χ2n) is 3.28. The highest BCUT2D eigenvalue weighted by atomic mass is 32.2. The summed E-state index contributed by atoms with van der Waals surface area (Å²) in [7, 11) is -3.37. The van der Waals surface area contributed by atoms with E-state index in [0.29, 0.717) is 19.5 Å². The van der Waals surface area contributed by atoms with Crippen molar-refractivity contribution in [2.24, 2.45) is 0 Å². The molecule has 0 aliphatic heterocycles. The van der Waals surface area contributed by atoms with Gasteiger partial charge in [0.1, 0.15) is 0 Å². The van der Waals surface area contributed by atoms with Gasteiger partial charge in [0, 0.05) is 25.7 Å². The van der Waals surface area contributed by atoms with Gasteiger partial charge in [0.25, 0.3) is 10.2 Å². The average Bonchev–Trinajstić information content (AvgIpc) is 2.03. The van der Waals surface area contributed by atoms with Gasteiger partial charge in [-0.05, 0) is 20.3 Å². The molecule has 0 heterocycles. The van der Waals surface area contributed by atoms with Gasteiger partial charge in [-0.3, -0.25) is 0 Å². The molecular weight excluding hydrogens is 204 g/mol. The van der Waals surface area contributed by atoms with E-state index in [0.717, 1.165) is 0 Å². The second kappa shape index (κ2) is 6.34. The monoisotopic (exact) mass is 224 g/mol. The van der Waals surface area contributed by atoms with Crippen LogP contribution < -0.4 is 4.72 Å². The molecule has 2 N–H and O–H groups in total. The minimum absolute atomic E-state index is 0.00483. The molecule has 6 heteroatoms. The van der Waals surface area contributed by atoms with E-state index in [4.69, 9.17) is 5.11 Å². The van der Waals surface area contributed by atoms with E-state index in [1.807, 2.05) is 13.8 Å². The van der Waals surface area contributed by atoms with E-state index < -0.39 is 10.2 Å².